The number of benzene rings is 1. The van der Waals surface area contributed by atoms with Gasteiger partial charge in [-0.15, -0.1) is 0 Å². The van der Waals surface area contributed by atoms with E-state index >= 15 is 0 Å². The van der Waals surface area contributed by atoms with E-state index in [2.05, 4.69) is 37.3 Å². The second kappa shape index (κ2) is 14.4. The van der Waals surface area contributed by atoms with E-state index in [9.17, 15) is 9.59 Å². The standard InChI is InChI=1S/C32H38N6O3S/c1-23-19-24(2)35-32(34-23)42-22-29(39)38(21-25-7-6-14-33-20-25)30(26-8-4-3-5-9-26)31(40)36-27-10-12-28(13-11-27)37-15-17-41-18-16-37/h3-4,6-7,10-14,19-20,26,30H,5,8-9,15-18,21-22H2,1-2H3,(H,36,40)/t26-,30-/m1/s1. The van der Waals surface area contributed by atoms with E-state index < -0.39 is 6.04 Å². The highest BCUT2D eigenvalue weighted by molar-refractivity contribution is 7.99. The topological polar surface area (TPSA) is 101 Å². The van der Waals surface area contributed by atoms with Crippen molar-refractivity contribution >= 4 is 35.0 Å². The second-order valence-electron chi connectivity index (χ2n) is 10.7. The number of amides is 2. The Balaban J connectivity index is 1.38. The van der Waals surface area contributed by atoms with E-state index in [1.165, 1.54) is 11.8 Å². The largest absolute Gasteiger partial charge is 0.378 e. The first kappa shape index (κ1) is 29.7. The van der Waals surface area contributed by atoms with Gasteiger partial charge in [0.2, 0.25) is 11.8 Å². The minimum absolute atomic E-state index is 0.00860. The van der Waals surface area contributed by atoms with Crippen molar-refractivity contribution in [2.45, 2.75) is 50.9 Å². The SMILES string of the molecule is Cc1cc(C)nc(SCC(=O)N(Cc2cccnc2)[C@@H](C(=O)Nc2ccc(N3CCOCC3)cc2)[C@@H]2CC=CCC2)n1. The van der Waals surface area contributed by atoms with Gasteiger partial charge in [-0.25, -0.2) is 9.97 Å². The number of nitrogens with one attached hydrogen (secondary N) is 1. The Morgan fingerprint density at radius 2 is 1.86 bits per heavy atom. The number of carbonyl (C=O) groups is 2. The molecule has 9 nitrogen and oxygen atoms in total. The van der Waals surface area contributed by atoms with E-state index in [-0.39, 0.29) is 30.0 Å². The normalized spacial score (nSPS) is 17.5. The first-order chi connectivity index (χ1) is 20.5. The molecular formula is C32H38N6O3S. The molecule has 1 saturated heterocycles. The number of hydrogen-bond acceptors (Lipinski definition) is 8. The maximum absolute atomic E-state index is 14.1. The molecule has 0 unspecified atom stereocenters. The zero-order valence-corrected chi connectivity index (χ0v) is 25.1. The fraction of sp³-hybridized carbons (Fsp3) is 0.406. The van der Waals surface area contributed by atoms with Crippen molar-refractivity contribution < 1.29 is 14.3 Å². The van der Waals surface area contributed by atoms with Crippen LogP contribution >= 0.6 is 11.8 Å². The molecule has 1 aliphatic heterocycles. The average Bonchev–Trinajstić information content (AvgIpc) is 3.01. The monoisotopic (exact) mass is 586 g/mol. The summed E-state index contributed by atoms with van der Waals surface area (Å²) in [7, 11) is 0. The maximum Gasteiger partial charge on any atom is 0.247 e. The van der Waals surface area contributed by atoms with Gasteiger partial charge >= 0.3 is 0 Å². The lowest BCUT2D eigenvalue weighted by Crippen LogP contribution is -2.51. The molecule has 220 valence electrons. The van der Waals surface area contributed by atoms with E-state index in [0.717, 1.165) is 55.0 Å². The van der Waals surface area contributed by atoms with Crippen LogP contribution in [0.25, 0.3) is 0 Å². The molecule has 2 aromatic heterocycles. The van der Waals surface area contributed by atoms with Gasteiger partial charge in [-0.2, -0.15) is 0 Å². The molecule has 42 heavy (non-hydrogen) atoms. The van der Waals surface area contributed by atoms with E-state index in [0.29, 0.717) is 24.1 Å². The maximum atomic E-state index is 14.1. The van der Waals surface area contributed by atoms with Crippen molar-refractivity contribution in [1.82, 2.24) is 19.9 Å². The highest BCUT2D eigenvalue weighted by Crippen LogP contribution is 2.29. The van der Waals surface area contributed by atoms with Crippen LogP contribution in [0.1, 0.15) is 36.2 Å². The third-order valence-electron chi connectivity index (χ3n) is 7.55. The van der Waals surface area contributed by atoms with Gasteiger partial charge in [0, 0.05) is 54.8 Å². The predicted octanol–water partition coefficient (Wildman–Crippen LogP) is 4.81. The van der Waals surface area contributed by atoms with Crippen LogP contribution in [0.4, 0.5) is 11.4 Å². The van der Waals surface area contributed by atoms with Crippen molar-refractivity contribution in [1.29, 1.82) is 0 Å². The number of hydrogen-bond donors (Lipinski definition) is 1. The summed E-state index contributed by atoms with van der Waals surface area (Å²) in [6.07, 6.45) is 10.2. The third-order valence-corrected chi connectivity index (χ3v) is 8.39. The highest BCUT2D eigenvalue weighted by Gasteiger charge is 2.36. The van der Waals surface area contributed by atoms with Crippen molar-refractivity contribution in [2.75, 3.05) is 42.3 Å². The quantitative estimate of drug-likeness (QED) is 0.205. The summed E-state index contributed by atoms with van der Waals surface area (Å²) >= 11 is 1.30. The number of ether oxygens (including phenoxy) is 1. The van der Waals surface area contributed by atoms with Crippen molar-refractivity contribution in [3.8, 4) is 0 Å². The molecule has 1 fully saturated rings. The fourth-order valence-electron chi connectivity index (χ4n) is 5.50. The lowest BCUT2D eigenvalue weighted by Gasteiger charge is -2.37. The van der Waals surface area contributed by atoms with Gasteiger partial charge in [0.1, 0.15) is 6.04 Å². The Morgan fingerprint density at radius 3 is 2.52 bits per heavy atom. The average molecular weight is 587 g/mol. The van der Waals surface area contributed by atoms with Gasteiger partial charge in [0.25, 0.3) is 0 Å². The summed E-state index contributed by atoms with van der Waals surface area (Å²) in [5.74, 6) is -0.196. The van der Waals surface area contributed by atoms with Gasteiger partial charge in [0.05, 0.1) is 19.0 Å². The minimum atomic E-state index is -0.651. The summed E-state index contributed by atoms with van der Waals surface area (Å²) in [4.78, 5) is 45.3. The van der Waals surface area contributed by atoms with Crippen LogP contribution < -0.4 is 10.2 Å². The summed E-state index contributed by atoms with van der Waals surface area (Å²) in [5, 5.41) is 3.69. The Bertz CT molecular complexity index is 1360. The molecule has 0 bridgehead atoms. The van der Waals surface area contributed by atoms with E-state index in [4.69, 9.17) is 4.74 Å². The lowest BCUT2D eigenvalue weighted by molar-refractivity contribution is -0.139. The number of allylic oxidation sites excluding steroid dienone is 2. The van der Waals surface area contributed by atoms with E-state index in [1.54, 1.807) is 17.3 Å². The number of morpholine rings is 1. The van der Waals surface area contributed by atoms with Crippen LogP contribution in [-0.4, -0.2) is 69.8 Å². The number of pyridine rings is 1. The number of nitrogens with zero attached hydrogens (tertiary/aromatic N) is 5. The van der Waals surface area contributed by atoms with Gasteiger partial charge in [-0.05, 0) is 81.0 Å². The van der Waals surface area contributed by atoms with Gasteiger partial charge < -0.3 is 19.9 Å². The van der Waals surface area contributed by atoms with Crippen LogP contribution in [0, 0.1) is 19.8 Å². The number of aromatic nitrogens is 3. The van der Waals surface area contributed by atoms with Crippen molar-refractivity contribution in [3.05, 3.63) is 84.0 Å². The number of aryl methyl sites for hydroxylation is 2. The minimum Gasteiger partial charge on any atom is -0.378 e. The summed E-state index contributed by atoms with van der Waals surface area (Å²) in [6, 6.07) is 13.0. The van der Waals surface area contributed by atoms with Gasteiger partial charge in [-0.3, -0.25) is 14.6 Å². The van der Waals surface area contributed by atoms with Crippen LogP contribution in [0.15, 0.2) is 72.2 Å². The Kier molecular flexibility index (Phi) is 10.2. The smallest absolute Gasteiger partial charge is 0.247 e. The van der Waals surface area contributed by atoms with Crippen LogP contribution in [0.5, 0.6) is 0 Å². The Hall–Kier alpha value is -3.76. The molecule has 1 aliphatic carbocycles. The number of carbonyl (C=O) groups excluding carboxylic acids is 2. The van der Waals surface area contributed by atoms with Gasteiger partial charge in [0.15, 0.2) is 5.16 Å². The van der Waals surface area contributed by atoms with Crippen molar-refractivity contribution in [3.63, 3.8) is 0 Å². The zero-order valence-electron chi connectivity index (χ0n) is 24.2. The Morgan fingerprint density at radius 1 is 1.10 bits per heavy atom. The van der Waals surface area contributed by atoms with Crippen LogP contribution in [0.2, 0.25) is 0 Å². The first-order valence-corrected chi connectivity index (χ1v) is 15.5. The second-order valence-corrected chi connectivity index (χ2v) is 11.7. The fourth-order valence-corrected chi connectivity index (χ4v) is 6.34. The first-order valence-electron chi connectivity index (χ1n) is 14.5. The lowest BCUT2D eigenvalue weighted by atomic mass is 9.86. The number of anilines is 2. The number of thioether (sulfide) groups is 1. The molecule has 2 aliphatic rings. The molecular weight excluding hydrogens is 548 g/mol. The summed E-state index contributed by atoms with van der Waals surface area (Å²) in [6.45, 7) is 7.24. The molecule has 2 atom stereocenters. The van der Waals surface area contributed by atoms with Crippen molar-refractivity contribution in [2.24, 2.45) is 5.92 Å². The summed E-state index contributed by atoms with van der Waals surface area (Å²) < 4.78 is 5.47. The molecule has 1 N–H and O–H groups in total. The molecule has 3 aromatic rings. The van der Waals surface area contributed by atoms with Crippen LogP contribution in [0.3, 0.4) is 0 Å². The third kappa shape index (κ3) is 7.95. The zero-order chi connectivity index (χ0) is 29.3. The summed E-state index contributed by atoms with van der Waals surface area (Å²) in [5.41, 5.74) is 4.40. The molecule has 5 rings (SSSR count). The molecule has 0 saturated carbocycles. The molecule has 10 heteroatoms. The molecule has 2 amide bonds. The highest BCUT2D eigenvalue weighted by atomic mass is 32.2. The van der Waals surface area contributed by atoms with Gasteiger partial charge in [-0.1, -0.05) is 30.0 Å². The molecule has 0 spiro atoms. The molecule has 3 heterocycles. The molecule has 1 aromatic carbocycles. The predicted molar refractivity (Wildman–Crippen MR) is 165 cm³/mol. The molecule has 0 radical (unpaired) electrons. The van der Waals surface area contributed by atoms with E-state index in [1.807, 2.05) is 56.3 Å². The Labute approximate surface area is 251 Å². The van der Waals surface area contributed by atoms with Crippen LogP contribution in [-0.2, 0) is 20.9 Å². The number of rotatable bonds is 10.